The normalized spacial score (nSPS) is 10.7. The quantitative estimate of drug-likeness (QED) is 0.238. The molecule has 0 aliphatic carbocycles. The van der Waals surface area contributed by atoms with Crippen LogP contribution in [0.5, 0.6) is 0 Å². The molecule has 0 bridgehead atoms. The number of amides is 1. The molecular formula is C25H14Cl2N6OS. The van der Waals surface area contributed by atoms with Gasteiger partial charge in [-0.25, -0.2) is 14.8 Å². The van der Waals surface area contributed by atoms with Crippen molar-refractivity contribution in [3.05, 3.63) is 100 Å². The van der Waals surface area contributed by atoms with Crippen LogP contribution in [0.15, 0.2) is 73.2 Å². The van der Waals surface area contributed by atoms with E-state index >= 15 is 0 Å². The highest BCUT2D eigenvalue weighted by atomic mass is 35.5. The first-order valence-electron chi connectivity index (χ1n) is 10.2. The maximum atomic E-state index is 12.6. The third kappa shape index (κ3) is 4.53. The van der Waals surface area contributed by atoms with Crippen LogP contribution >= 0.6 is 34.5 Å². The van der Waals surface area contributed by atoms with Gasteiger partial charge in [-0.1, -0.05) is 47.5 Å². The summed E-state index contributed by atoms with van der Waals surface area (Å²) in [5.41, 5.74) is 2.92. The molecule has 2 aromatic carbocycles. The Morgan fingerprint density at radius 2 is 1.86 bits per heavy atom. The van der Waals surface area contributed by atoms with Crippen molar-refractivity contribution < 1.29 is 4.79 Å². The number of nitrogens with zero attached hydrogens (tertiary/aromatic N) is 4. The Labute approximate surface area is 214 Å². The Morgan fingerprint density at radius 1 is 1.03 bits per heavy atom. The number of aromatic nitrogens is 4. The molecule has 0 aliphatic heterocycles. The minimum absolute atomic E-state index is 0.275. The average Bonchev–Trinajstić information content (AvgIpc) is 3.53. The molecule has 0 atom stereocenters. The zero-order valence-corrected chi connectivity index (χ0v) is 20.1. The van der Waals surface area contributed by atoms with Gasteiger partial charge in [0, 0.05) is 32.2 Å². The lowest BCUT2D eigenvalue weighted by Crippen LogP contribution is -2.12. The molecule has 0 radical (unpaired) electrons. The van der Waals surface area contributed by atoms with E-state index in [0.717, 1.165) is 5.56 Å². The molecule has 35 heavy (non-hydrogen) atoms. The number of H-pyrrole nitrogens is 1. The predicted octanol–water partition coefficient (Wildman–Crippen LogP) is 7.37. The van der Waals surface area contributed by atoms with E-state index in [1.54, 1.807) is 60.8 Å². The van der Waals surface area contributed by atoms with E-state index in [9.17, 15) is 4.79 Å². The average molecular weight is 517 g/mol. The Bertz CT molecular complexity index is 1580. The summed E-state index contributed by atoms with van der Waals surface area (Å²) < 4.78 is 0. The second kappa shape index (κ2) is 9.68. The predicted molar refractivity (Wildman–Crippen MR) is 139 cm³/mol. The van der Waals surface area contributed by atoms with Crippen molar-refractivity contribution in [3.8, 4) is 32.3 Å². The molecule has 5 rings (SSSR count). The third-order valence-corrected chi connectivity index (χ3v) is 6.91. The van der Waals surface area contributed by atoms with Crippen LogP contribution in [0.3, 0.4) is 0 Å². The topological polar surface area (TPSA) is 87.9 Å². The Balaban J connectivity index is 1.63. The fourth-order valence-electron chi connectivity index (χ4n) is 3.57. The van der Waals surface area contributed by atoms with Gasteiger partial charge in [-0.05, 0) is 47.5 Å². The van der Waals surface area contributed by atoms with E-state index in [0.29, 0.717) is 53.8 Å². The fourth-order valence-corrected chi connectivity index (χ4v) is 5.27. The highest BCUT2D eigenvalue weighted by Crippen LogP contribution is 2.53. The second-order valence-electron chi connectivity index (χ2n) is 7.30. The van der Waals surface area contributed by atoms with Gasteiger partial charge in [-0.2, -0.15) is 5.10 Å². The molecule has 1 amide bonds. The number of aromatic amines is 1. The number of nitrogens with one attached hydrogen (secondary N) is 2. The lowest BCUT2D eigenvalue weighted by Gasteiger charge is -2.08. The summed E-state index contributed by atoms with van der Waals surface area (Å²) in [6, 6.07) is 17.5. The van der Waals surface area contributed by atoms with Gasteiger partial charge < -0.3 is 5.32 Å². The van der Waals surface area contributed by atoms with Crippen molar-refractivity contribution in [2.45, 2.75) is 0 Å². The van der Waals surface area contributed by atoms with Gasteiger partial charge in [0.2, 0.25) is 5.69 Å². The van der Waals surface area contributed by atoms with Gasteiger partial charge in [0.15, 0.2) is 5.82 Å². The summed E-state index contributed by atoms with van der Waals surface area (Å²) in [4.78, 5) is 26.4. The summed E-state index contributed by atoms with van der Waals surface area (Å²) in [7, 11) is 0. The van der Waals surface area contributed by atoms with Crippen LogP contribution in [-0.4, -0.2) is 26.1 Å². The van der Waals surface area contributed by atoms with Crippen LogP contribution in [0.2, 0.25) is 10.0 Å². The van der Waals surface area contributed by atoms with Gasteiger partial charge in [-0.3, -0.25) is 9.89 Å². The van der Waals surface area contributed by atoms with Crippen molar-refractivity contribution in [1.82, 2.24) is 20.2 Å². The number of hydrogen-bond donors (Lipinski definition) is 2. The van der Waals surface area contributed by atoms with Gasteiger partial charge in [-0.15, -0.1) is 11.3 Å². The first-order chi connectivity index (χ1) is 17.0. The summed E-state index contributed by atoms with van der Waals surface area (Å²) in [5, 5.41) is 10.6. The third-order valence-electron chi connectivity index (χ3n) is 5.13. The zero-order chi connectivity index (χ0) is 24.4. The summed E-state index contributed by atoms with van der Waals surface area (Å²) in [6.45, 7) is 7.99. The van der Waals surface area contributed by atoms with Crippen molar-refractivity contribution >= 4 is 52.0 Å². The van der Waals surface area contributed by atoms with Crippen molar-refractivity contribution in [2.24, 2.45) is 0 Å². The van der Waals surface area contributed by atoms with Crippen LogP contribution in [-0.2, 0) is 0 Å². The first kappa shape index (κ1) is 22.7. The van der Waals surface area contributed by atoms with Crippen LogP contribution in [0.25, 0.3) is 37.1 Å². The Morgan fingerprint density at radius 3 is 2.57 bits per heavy atom. The molecule has 2 N–H and O–H groups in total. The van der Waals surface area contributed by atoms with E-state index in [1.165, 1.54) is 17.7 Å². The molecule has 10 heteroatoms. The van der Waals surface area contributed by atoms with Crippen molar-refractivity contribution in [3.63, 3.8) is 0 Å². The fraction of sp³-hybridized carbons (Fsp3) is 0. The summed E-state index contributed by atoms with van der Waals surface area (Å²) >= 11 is 14.0. The number of hydrogen-bond acceptors (Lipinski definition) is 5. The lowest BCUT2D eigenvalue weighted by molar-refractivity contribution is 0.102. The monoisotopic (exact) mass is 516 g/mol. The summed E-state index contributed by atoms with van der Waals surface area (Å²) in [6.07, 6.45) is 3.00. The molecule has 170 valence electrons. The molecule has 3 aromatic heterocycles. The van der Waals surface area contributed by atoms with Crippen LogP contribution in [0.4, 0.5) is 11.5 Å². The first-order valence-corrected chi connectivity index (χ1v) is 11.8. The largest absolute Gasteiger partial charge is 0.307 e. The number of thiophene rings is 1. The number of benzene rings is 2. The molecule has 3 heterocycles. The van der Waals surface area contributed by atoms with Gasteiger partial charge in [0.05, 0.1) is 11.4 Å². The highest BCUT2D eigenvalue weighted by molar-refractivity contribution is 7.20. The number of halogens is 2. The number of pyridine rings is 1. The van der Waals surface area contributed by atoms with Crippen LogP contribution in [0.1, 0.15) is 10.4 Å². The molecule has 7 nitrogen and oxygen atoms in total. The van der Waals surface area contributed by atoms with Crippen LogP contribution in [0, 0.1) is 6.57 Å². The highest BCUT2D eigenvalue weighted by Gasteiger charge is 2.25. The van der Waals surface area contributed by atoms with E-state index < -0.39 is 0 Å². The van der Waals surface area contributed by atoms with E-state index in [4.69, 9.17) is 29.8 Å². The van der Waals surface area contributed by atoms with E-state index in [2.05, 4.69) is 30.3 Å². The van der Waals surface area contributed by atoms with E-state index in [-0.39, 0.29) is 5.91 Å². The standard InChI is InChI=1S/C25H14Cl2N6OS/c1-28-21-20(17-8-7-16(26)12-18(17)27)23(24-30-13-31-33-24)35-22(21)15-9-10-29-19(11-15)32-25(34)14-5-3-2-4-6-14/h2-13H,(H,29,32,34)(H,30,31,33). The number of anilines is 1. The molecular weight excluding hydrogens is 503 g/mol. The maximum Gasteiger partial charge on any atom is 0.256 e. The zero-order valence-electron chi connectivity index (χ0n) is 17.8. The maximum absolute atomic E-state index is 12.6. The van der Waals surface area contributed by atoms with E-state index in [1.807, 2.05) is 6.07 Å². The molecule has 0 spiro atoms. The van der Waals surface area contributed by atoms with Gasteiger partial charge >= 0.3 is 0 Å². The lowest BCUT2D eigenvalue weighted by atomic mass is 10.0. The molecule has 0 saturated heterocycles. The molecule has 0 saturated carbocycles. The van der Waals surface area contributed by atoms with Crippen LogP contribution < -0.4 is 5.32 Å². The molecule has 5 aromatic rings. The van der Waals surface area contributed by atoms with Crippen molar-refractivity contribution in [1.29, 1.82) is 0 Å². The second-order valence-corrected chi connectivity index (χ2v) is 9.17. The Kier molecular flexibility index (Phi) is 6.29. The summed E-state index contributed by atoms with van der Waals surface area (Å²) in [5.74, 6) is 0.606. The molecule has 0 fully saturated rings. The SMILES string of the molecule is [C-]#[N+]c1c(-c2ccnc(NC(=O)c3ccccc3)c2)sc(-c2ncn[nH]2)c1-c1ccc(Cl)cc1Cl. The van der Waals surface area contributed by atoms with Gasteiger partial charge in [0.25, 0.3) is 5.91 Å². The minimum Gasteiger partial charge on any atom is -0.307 e. The molecule has 0 unspecified atom stereocenters. The minimum atomic E-state index is -0.275. The number of carbonyl (C=O) groups excluding carboxylic acids is 1. The number of rotatable bonds is 5. The molecule has 0 aliphatic rings. The Hall–Kier alpha value is -4.03. The smallest absolute Gasteiger partial charge is 0.256 e. The van der Waals surface area contributed by atoms with Crippen molar-refractivity contribution in [2.75, 3.05) is 5.32 Å². The van der Waals surface area contributed by atoms with Gasteiger partial charge in [0.1, 0.15) is 12.1 Å². The number of carbonyl (C=O) groups is 1.